The molecule has 0 radical (unpaired) electrons. The lowest BCUT2D eigenvalue weighted by Crippen LogP contribution is -2.14. The predicted octanol–water partition coefficient (Wildman–Crippen LogP) is 6.73. The first-order valence-corrected chi connectivity index (χ1v) is 11.1. The predicted molar refractivity (Wildman–Crippen MR) is 137 cm³/mol. The van der Waals surface area contributed by atoms with Gasteiger partial charge < -0.3 is 5.32 Å². The standard InChI is InChI=1S/C29H25N3O/c1-20-10-9-11-22(17-16-20)25-18-26-27(33)19-28(31-23-12-5-3-6-13-23)32(29(26)30-21(25)2)24-14-7-4-8-15-24/h3-8,10-19,31H,9H2,1-2H3. The highest BCUT2D eigenvalue weighted by atomic mass is 16.1. The Morgan fingerprint density at radius 3 is 2.36 bits per heavy atom. The Bertz CT molecular complexity index is 1480. The molecule has 4 nitrogen and oxygen atoms in total. The first-order chi connectivity index (χ1) is 16.1. The normalized spacial score (nSPS) is 13.4. The van der Waals surface area contributed by atoms with Crippen LogP contribution in [0.15, 0.2) is 107 Å². The number of fused-ring (bicyclic) bond motifs is 1. The van der Waals surface area contributed by atoms with Crippen LogP contribution >= 0.6 is 0 Å². The molecule has 0 fully saturated rings. The van der Waals surface area contributed by atoms with Gasteiger partial charge in [-0.05, 0) is 56.2 Å². The number of aromatic nitrogens is 2. The minimum atomic E-state index is -0.0585. The molecular weight excluding hydrogens is 406 g/mol. The van der Waals surface area contributed by atoms with Gasteiger partial charge in [-0.2, -0.15) is 0 Å². The van der Waals surface area contributed by atoms with Crippen LogP contribution in [0.3, 0.4) is 0 Å². The van der Waals surface area contributed by atoms with Crippen molar-refractivity contribution >= 4 is 28.1 Å². The first kappa shape index (κ1) is 20.7. The molecule has 33 heavy (non-hydrogen) atoms. The Morgan fingerprint density at radius 2 is 1.61 bits per heavy atom. The summed E-state index contributed by atoms with van der Waals surface area (Å²) in [5.74, 6) is 0.679. The molecule has 0 atom stereocenters. The molecule has 2 aromatic heterocycles. The van der Waals surface area contributed by atoms with Gasteiger partial charge in [-0.15, -0.1) is 0 Å². The van der Waals surface area contributed by atoms with Crippen LogP contribution in [0.1, 0.15) is 24.6 Å². The summed E-state index contributed by atoms with van der Waals surface area (Å²) in [4.78, 5) is 18.3. The second kappa shape index (κ2) is 8.75. The molecule has 1 aliphatic carbocycles. The van der Waals surface area contributed by atoms with Crippen molar-refractivity contribution in [2.24, 2.45) is 0 Å². The number of para-hydroxylation sites is 2. The highest BCUT2D eigenvalue weighted by molar-refractivity contribution is 5.87. The molecule has 0 bridgehead atoms. The van der Waals surface area contributed by atoms with Crippen LogP contribution in [-0.2, 0) is 0 Å². The summed E-state index contributed by atoms with van der Waals surface area (Å²) in [6.07, 6.45) is 9.45. The van der Waals surface area contributed by atoms with Gasteiger partial charge in [-0.1, -0.05) is 66.3 Å². The van der Waals surface area contributed by atoms with Crippen LogP contribution in [0.25, 0.3) is 22.3 Å². The largest absolute Gasteiger partial charge is 0.341 e. The first-order valence-electron chi connectivity index (χ1n) is 11.1. The molecule has 162 valence electrons. The van der Waals surface area contributed by atoms with Crippen molar-refractivity contribution in [2.75, 3.05) is 5.32 Å². The van der Waals surface area contributed by atoms with Crippen molar-refractivity contribution in [3.8, 4) is 5.69 Å². The smallest absolute Gasteiger partial charge is 0.193 e. The number of aryl methyl sites for hydroxylation is 1. The van der Waals surface area contributed by atoms with Crippen LogP contribution in [-0.4, -0.2) is 9.55 Å². The van der Waals surface area contributed by atoms with E-state index in [1.807, 2.05) is 78.2 Å². The van der Waals surface area contributed by atoms with Gasteiger partial charge in [-0.3, -0.25) is 9.36 Å². The van der Waals surface area contributed by atoms with Gasteiger partial charge in [-0.25, -0.2) is 4.98 Å². The van der Waals surface area contributed by atoms with E-state index in [4.69, 9.17) is 4.98 Å². The number of hydrogen-bond acceptors (Lipinski definition) is 3. The van der Waals surface area contributed by atoms with Crippen LogP contribution in [0.4, 0.5) is 11.5 Å². The average Bonchev–Trinajstić information content (AvgIpc) is 3.04. The van der Waals surface area contributed by atoms with Crippen molar-refractivity contribution in [1.29, 1.82) is 0 Å². The Balaban J connectivity index is 1.74. The Labute approximate surface area is 193 Å². The molecule has 0 unspecified atom stereocenters. The average molecular weight is 432 g/mol. The third-order valence-corrected chi connectivity index (χ3v) is 5.85. The summed E-state index contributed by atoms with van der Waals surface area (Å²) in [6, 6.07) is 23.5. The molecule has 0 amide bonds. The van der Waals surface area contributed by atoms with Crippen LogP contribution < -0.4 is 10.7 Å². The van der Waals surface area contributed by atoms with E-state index in [0.717, 1.165) is 34.6 Å². The molecule has 0 spiro atoms. The third kappa shape index (κ3) is 4.15. The van der Waals surface area contributed by atoms with Gasteiger partial charge in [0.15, 0.2) is 5.43 Å². The maximum atomic E-state index is 13.3. The Kier molecular flexibility index (Phi) is 5.49. The lowest BCUT2D eigenvalue weighted by atomic mass is 10.0. The summed E-state index contributed by atoms with van der Waals surface area (Å²) < 4.78 is 2.02. The molecule has 2 aromatic carbocycles. The molecular formula is C29H25N3O. The number of anilines is 2. The number of rotatable bonds is 4. The molecule has 0 saturated carbocycles. The van der Waals surface area contributed by atoms with E-state index in [0.29, 0.717) is 16.9 Å². The minimum Gasteiger partial charge on any atom is -0.341 e. The van der Waals surface area contributed by atoms with E-state index in [1.165, 1.54) is 5.57 Å². The van der Waals surface area contributed by atoms with Gasteiger partial charge in [0.25, 0.3) is 0 Å². The molecule has 0 saturated heterocycles. The number of nitrogens with one attached hydrogen (secondary N) is 1. The number of hydrogen-bond donors (Lipinski definition) is 1. The van der Waals surface area contributed by atoms with Crippen molar-refractivity contribution in [3.63, 3.8) is 0 Å². The fourth-order valence-electron chi connectivity index (χ4n) is 4.15. The number of pyridine rings is 2. The van der Waals surface area contributed by atoms with Gasteiger partial charge in [0.05, 0.1) is 5.39 Å². The van der Waals surface area contributed by atoms with E-state index in [1.54, 1.807) is 6.07 Å². The maximum absolute atomic E-state index is 13.3. The number of allylic oxidation sites excluding steroid dienone is 6. The van der Waals surface area contributed by atoms with Crippen molar-refractivity contribution in [3.05, 3.63) is 124 Å². The molecule has 4 aromatic rings. The second-order valence-corrected chi connectivity index (χ2v) is 8.22. The maximum Gasteiger partial charge on any atom is 0.193 e. The molecule has 1 N–H and O–H groups in total. The van der Waals surface area contributed by atoms with E-state index in [2.05, 4.69) is 36.5 Å². The van der Waals surface area contributed by atoms with Crippen LogP contribution in [0.2, 0.25) is 0 Å². The Hall–Kier alpha value is -4.18. The highest BCUT2D eigenvalue weighted by Gasteiger charge is 2.16. The van der Waals surface area contributed by atoms with Gasteiger partial charge >= 0.3 is 0 Å². The fourth-order valence-corrected chi connectivity index (χ4v) is 4.15. The van der Waals surface area contributed by atoms with Crippen molar-refractivity contribution in [2.45, 2.75) is 20.3 Å². The van der Waals surface area contributed by atoms with E-state index < -0.39 is 0 Å². The van der Waals surface area contributed by atoms with E-state index in [-0.39, 0.29) is 5.43 Å². The zero-order chi connectivity index (χ0) is 22.8. The summed E-state index contributed by atoms with van der Waals surface area (Å²) in [7, 11) is 0. The molecule has 0 aliphatic heterocycles. The van der Waals surface area contributed by atoms with Crippen LogP contribution in [0, 0.1) is 6.92 Å². The summed E-state index contributed by atoms with van der Waals surface area (Å²) in [5.41, 5.74) is 6.63. The SMILES string of the molecule is CC1=CCC=C(c2cc3c(=O)cc(Nc4ccccc4)n(-c4ccccc4)c3nc2C)C=C1. The second-order valence-electron chi connectivity index (χ2n) is 8.22. The highest BCUT2D eigenvalue weighted by Crippen LogP contribution is 2.29. The molecule has 1 aliphatic rings. The Morgan fingerprint density at radius 1 is 0.879 bits per heavy atom. The number of benzene rings is 2. The van der Waals surface area contributed by atoms with Gasteiger partial charge in [0.2, 0.25) is 0 Å². The number of nitrogens with zero attached hydrogens (tertiary/aromatic N) is 2. The zero-order valence-electron chi connectivity index (χ0n) is 18.7. The molecule has 2 heterocycles. The van der Waals surface area contributed by atoms with Gasteiger partial charge in [0, 0.05) is 28.7 Å². The minimum absolute atomic E-state index is 0.0585. The molecule has 4 heteroatoms. The fraction of sp³-hybridized carbons (Fsp3) is 0.103. The van der Waals surface area contributed by atoms with E-state index >= 15 is 0 Å². The third-order valence-electron chi connectivity index (χ3n) is 5.85. The topological polar surface area (TPSA) is 46.9 Å². The monoisotopic (exact) mass is 431 g/mol. The summed E-state index contributed by atoms with van der Waals surface area (Å²) in [6.45, 7) is 4.10. The van der Waals surface area contributed by atoms with Crippen molar-refractivity contribution in [1.82, 2.24) is 9.55 Å². The quantitative estimate of drug-likeness (QED) is 0.390. The zero-order valence-corrected chi connectivity index (χ0v) is 18.7. The lowest BCUT2D eigenvalue weighted by Gasteiger charge is -2.19. The van der Waals surface area contributed by atoms with Crippen LogP contribution in [0.5, 0.6) is 0 Å². The summed E-state index contributed by atoms with van der Waals surface area (Å²) in [5, 5.41) is 4.01. The van der Waals surface area contributed by atoms with Crippen molar-refractivity contribution < 1.29 is 0 Å². The van der Waals surface area contributed by atoms with Gasteiger partial charge in [0.1, 0.15) is 11.5 Å². The summed E-state index contributed by atoms with van der Waals surface area (Å²) >= 11 is 0. The molecule has 5 rings (SSSR count). The van der Waals surface area contributed by atoms with E-state index in [9.17, 15) is 4.79 Å². The lowest BCUT2D eigenvalue weighted by molar-refractivity contribution is 1.05.